The van der Waals surface area contributed by atoms with E-state index in [0.29, 0.717) is 12.1 Å². The van der Waals surface area contributed by atoms with E-state index in [-0.39, 0.29) is 5.69 Å². The van der Waals surface area contributed by atoms with Gasteiger partial charge in [-0.2, -0.15) is 31.6 Å². The van der Waals surface area contributed by atoms with Gasteiger partial charge < -0.3 is 5.32 Å². The number of nitrogens with one attached hydrogen (secondary N) is 1. The number of hydrogen-bond acceptors (Lipinski definition) is 2. The van der Waals surface area contributed by atoms with E-state index < -0.39 is 42.2 Å². The maximum absolute atomic E-state index is 12.4. The van der Waals surface area contributed by atoms with Crippen molar-refractivity contribution in [3.8, 4) is 6.07 Å². The number of amides is 1. The standard InChI is InChI=1S/C12H8F6N2O/c13-11(14,15)4-3-10(21)20-9-2-1-8(12(16,17)18)5-7(9)6-19/h1-2,5H,3-4H2,(H,20,21). The van der Waals surface area contributed by atoms with Crippen molar-refractivity contribution in [2.75, 3.05) is 5.32 Å². The second-order valence-corrected chi connectivity index (χ2v) is 4.03. The lowest BCUT2D eigenvalue weighted by Crippen LogP contribution is -2.17. The van der Waals surface area contributed by atoms with Crippen LogP contribution in [0.25, 0.3) is 0 Å². The molecular formula is C12H8F6N2O. The smallest absolute Gasteiger partial charge is 0.325 e. The summed E-state index contributed by atoms with van der Waals surface area (Å²) in [6, 6.07) is 3.41. The van der Waals surface area contributed by atoms with Crippen molar-refractivity contribution < 1.29 is 31.1 Å². The summed E-state index contributed by atoms with van der Waals surface area (Å²) in [5, 5.41) is 10.7. The molecule has 0 aliphatic carbocycles. The molecule has 0 saturated carbocycles. The molecule has 1 aromatic rings. The number of halogens is 6. The van der Waals surface area contributed by atoms with Gasteiger partial charge in [-0.25, -0.2) is 0 Å². The Kier molecular flexibility index (Phi) is 4.83. The second-order valence-electron chi connectivity index (χ2n) is 4.03. The van der Waals surface area contributed by atoms with E-state index in [2.05, 4.69) is 0 Å². The minimum absolute atomic E-state index is 0.266. The van der Waals surface area contributed by atoms with Gasteiger partial charge in [0, 0.05) is 6.42 Å². The van der Waals surface area contributed by atoms with E-state index in [9.17, 15) is 31.1 Å². The summed E-state index contributed by atoms with van der Waals surface area (Å²) in [6.45, 7) is 0. The molecule has 0 atom stereocenters. The van der Waals surface area contributed by atoms with E-state index in [0.717, 1.165) is 6.07 Å². The average molecular weight is 310 g/mol. The number of alkyl halides is 6. The molecule has 9 heteroatoms. The highest BCUT2D eigenvalue weighted by Crippen LogP contribution is 2.31. The summed E-state index contributed by atoms with van der Waals surface area (Å²) in [7, 11) is 0. The number of anilines is 1. The van der Waals surface area contributed by atoms with Crippen LogP contribution in [0.1, 0.15) is 24.0 Å². The van der Waals surface area contributed by atoms with Crippen LogP contribution in [-0.4, -0.2) is 12.1 Å². The van der Waals surface area contributed by atoms with Crippen LogP contribution in [0.3, 0.4) is 0 Å². The van der Waals surface area contributed by atoms with Crippen molar-refractivity contribution in [3.05, 3.63) is 29.3 Å². The molecule has 1 rings (SSSR count). The summed E-state index contributed by atoms with van der Waals surface area (Å²) in [5.74, 6) is -1.04. The second kappa shape index (κ2) is 6.03. The van der Waals surface area contributed by atoms with Crippen LogP contribution in [0.4, 0.5) is 32.0 Å². The molecule has 0 aromatic heterocycles. The number of rotatable bonds is 3. The van der Waals surface area contributed by atoms with Crippen molar-refractivity contribution in [3.63, 3.8) is 0 Å². The third-order valence-electron chi connectivity index (χ3n) is 2.38. The van der Waals surface area contributed by atoms with E-state index >= 15 is 0 Å². The highest BCUT2D eigenvalue weighted by molar-refractivity contribution is 5.92. The van der Waals surface area contributed by atoms with Gasteiger partial charge >= 0.3 is 12.4 Å². The minimum Gasteiger partial charge on any atom is -0.325 e. The van der Waals surface area contributed by atoms with E-state index in [1.807, 2.05) is 5.32 Å². The summed E-state index contributed by atoms with van der Waals surface area (Å²) in [6.07, 6.45) is -11.4. The maximum atomic E-state index is 12.4. The van der Waals surface area contributed by atoms with Gasteiger partial charge in [-0.05, 0) is 18.2 Å². The van der Waals surface area contributed by atoms with Crippen molar-refractivity contribution in [1.29, 1.82) is 5.26 Å². The van der Waals surface area contributed by atoms with Gasteiger partial charge in [-0.1, -0.05) is 0 Å². The Balaban J connectivity index is 2.85. The van der Waals surface area contributed by atoms with Gasteiger partial charge in [-0.3, -0.25) is 4.79 Å². The van der Waals surface area contributed by atoms with Crippen molar-refractivity contribution in [2.45, 2.75) is 25.2 Å². The molecule has 114 valence electrons. The topological polar surface area (TPSA) is 52.9 Å². The van der Waals surface area contributed by atoms with Crippen LogP contribution in [0, 0.1) is 11.3 Å². The van der Waals surface area contributed by atoms with Gasteiger partial charge in [0.25, 0.3) is 0 Å². The molecule has 0 aliphatic rings. The van der Waals surface area contributed by atoms with Crippen molar-refractivity contribution in [2.24, 2.45) is 0 Å². The van der Waals surface area contributed by atoms with Crippen LogP contribution >= 0.6 is 0 Å². The average Bonchev–Trinajstić information content (AvgIpc) is 2.34. The molecule has 21 heavy (non-hydrogen) atoms. The Morgan fingerprint density at radius 2 is 1.81 bits per heavy atom. The van der Waals surface area contributed by atoms with Gasteiger partial charge in [0.2, 0.25) is 5.91 Å². The van der Waals surface area contributed by atoms with Crippen LogP contribution < -0.4 is 5.32 Å². The van der Waals surface area contributed by atoms with Gasteiger partial charge in [0.05, 0.1) is 23.2 Å². The molecule has 0 saturated heterocycles. The first-order chi connectivity index (χ1) is 9.53. The zero-order valence-electron chi connectivity index (χ0n) is 10.3. The molecule has 0 unspecified atom stereocenters. The van der Waals surface area contributed by atoms with E-state index in [4.69, 9.17) is 5.26 Å². The lowest BCUT2D eigenvalue weighted by molar-refractivity contribution is -0.142. The zero-order chi connectivity index (χ0) is 16.3. The summed E-state index contributed by atoms with van der Waals surface area (Å²) in [4.78, 5) is 11.3. The Morgan fingerprint density at radius 3 is 2.29 bits per heavy atom. The Morgan fingerprint density at radius 1 is 1.19 bits per heavy atom. The maximum Gasteiger partial charge on any atom is 0.416 e. The Bertz CT molecular complexity index is 571. The number of benzene rings is 1. The number of nitriles is 1. The first-order valence-electron chi connectivity index (χ1n) is 5.51. The first-order valence-corrected chi connectivity index (χ1v) is 5.51. The molecule has 1 amide bonds. The molecular weight excluding hydrogens is 302 g/mol. The monoisotopic (exact) mass is 310 g/mol. The van der Waals surface area contributed by atoms with Gasteiger partial charge in [-0.15, -0.1) is 0 Å². The zero-order valence-corrected chi connectivity index (χ0v) is 10.3. The summed E-state index contributed by atoms with van der Waals surface area (Å²) >= 11 is 0. The summed E-state index contributed by atoms with van der Waals surface area (Å²) < 4.78 is 73.1. The third kappa shape index (κ3) is 5.33. The Hall–Kier alpha value is -2.24. The number of carbonyl (C=O) groups is 1. The van der Waals surface area contributed by atoms with Crippen LogP contribution in [0.15, 0.2) is 18.2 Å². The predicted molar refractivity (Wildman–Crippen MR) is 60.1 cm³/mol. The Labute approximate surface area is 115 Å². The quantitative estimate of drug-likeness (QED) is 0.862. The SMILES string of the molecule is N#Cc1cc(C(F)(F)F)ccc1NC(=O)CCC(F)(F)F. The minimum atomic E-state index is -4.66. The number of nitrogens with zero attached hydrogens (tertiary/aromatic N) is 1. The predicted octanol–water partition coefficient (Wildman–Crippen LogP) is 3.86. The lowest BCUT2D eigenvalue weighted by Gasteiger charge is -2.11. The molecule has 0 heterocycles. The molecule has 1 N–H and O–H groups in total. The largest absolute Gasteiger partial charge is 0.416 e. The normalized spacial score (nSPS) is 11.9. The number of hydrogen-bond donors (Lipinski definition) is 1. The van der Waals surface area contributed by atoms with Gasteiger partial charge in [0.15, 0.2) is 0 Å². The van der Waals surface area contributed by atoms with Crippen LogP contribution in [0.5, 0.6) is 0 Å². The number of carbonyl (C=O) groups excluding carboxylic acids is 1. The fraction of sp³-hybridized carbons (Fsp3) is 0.333. The lowest BCUT2D eigenvalue weighted by atomic mass is 10.1. The molecule has 0 bridgehead atoms. The fourth-order valence-electron chi connectivity index (χ4n) is 1.39. The fourth-order valence-corrected chi connectivity index (χ4v) is 1.39. The highest BCUT2D eigenvalue weighted by atomic mass is 19.4. The molecule has 1 aromatic carbocycles. The van der Waals surface area contributed by atoms with E-state index in [1.54, 1.807) is 0 Å². The molecule has 0 spiro atoms. The molecule has 0 radical (unpaired) electrons. The first kappa shape index (κ1) is 16.8. The summed E-state index contributed by atoms with van der Waals surface area (Å²) in [5.41, 5.74) is -1.84. The molecule has 3 nitrogen and oxygen atoms in total. The van der Waals surface area contributed by atoms with Gasteiger partial charge in [0.1, 0.15) is 6.07 Å². The van der Waals surface area contributed by atoms with E-state index in [1.165, 1.54) is 6.07 Å². The highest BCUT2D eigenvalue weighted by Gasteiger charge is 2.31. The van der Waals surface area contributed by atoms with Crippen molar-refractivity contribution >= 4 is 11.6 Å². The molecule has 0 fully saturated rings. The van der Waals surface area contributed by atoms with Crippen LogP contribution in [-0.2, 0) is 11.0 Å². The van der Waals surface area contributed by atoms with Crippen LogP contribution in [0.2, 0.25) is 0 Å². The van der Waals surface area contributed by atoms with Crippen molar-refractivity contribution in [1.82, 2.24) is 0 Å². The third-order valence-corrected chi connectivity index (χ3v) is 2.38. The molecule has 0 aliphatic heterocycles.